The lowest BCUT2D eigenvalue weighted by Crippen LogP contribution is -2.10. The van der Waals surface area contributed by atoms with Crippen molar-refractivity contribution in [1.82, 2.24) is 15.0 Å². The molecular formula is C11H7F4N3. The van der Waals surface area contributed by atoms with E-state index < -0.39 is 23.3 Å². The van der Waals surface area contributed by atoms with Crippen LogP contribution in [0.5, 0.6) is 0 Å². The Hall–Kier alpha value is -2.05. The Bertz CT molecular complexity index is 563. The van der Waals surface area contributed by atoms with E-state index in [1.54, 1.807) is 0 Å². The molecule has 2 heterocycles. The lowest BCUT2D eigenvalue weighted by molar-refractivity contribution is -0.137. The van der Waals surface area contributed by atoms with Gasteiger partial charge in [-0.3, -0.25) is 4.98 Å². The fourth-order valence-electron chi connectivity index (χ4n) is 1.40. The lowest BCUT2D eigenvalue weighted by Gasteiger charge is -2.11. The van der Waals surface area contributed by atoms with Crippen molar-refractivity contribution in [3.8, 4) is 11.5 Å². The third-order valence-electron chi connectivity index (χ3n) is 2.16. The van der Waals surface area contributed by atoms with Crippen molar-refractivity contribution in [2.24, 2.45) is 0 Å². The van der Waals surface area contributed by atoms with Crippen molar-refractivity contribution in [2.75, 3.05) is 0 Å². The highest BCUT2D eigenvalue weighted by Crippen LogP contribution is 2.35. The molecule has 0 atom stereocenters. The Morgan fingerprint density at radius 2 is 1.61 bits per heavy atom. The molecule has 0 saturated carbocycles. The second-order valence-corrected chi connectivity index (χ2v) is 3.63. The number of hydrogen-bond acceptors (Lipinski definition) is 3. The van der Waals surface area contributed by atoms with E-state index in [0.717, 1.165) is 18.5 Å². The van der Waals surface area contributed by atoms with Gasteiger partial charge in [0.25, 0.3) is 0 Å². The molecule has 0 unspecified atom stereocenters. The predicted molar refractivity (Wildman–Crippen MR) is 55.0 cm³/mol. The molecule has 18 heavy (non-hydrogen) atoms. The van der Waals surface area contributed by atoms with Gasteiger partial charge in [0.1, 0.15) is 5.69 Å². The topological polar surface area (TPSA) is 38.7 Å². The molecule has 0 aromatic carbocycles. The molecule has 0 spiro atoms. The third-order valence-corrected chi connectivity index (χ3v) is 2.16. The van der Waals surface area contributed by atoms with E-state index in [0.29, 0.717) is 5.56 Å². The molecule has 2 rings (SSSR count). The molecule has 2 aromatic rings. The summed E-state index contributed by atoms with van der Waals surface area (Å²) in [6, 6.07) is 0.953. The quantitative estimate of drug-likeness (QED) is 0.737. The standard InChI is InChI=1S/C11H7F4N3/c1-6-2-8(11(13,14)15)9(16-3-6)10-17-4-7(12)5-18-10/h2-5H,1H3. The molecular weight excluding hydrogens is 250 g/mol. The van der Waals surface area contributed by atoms with E-state index in [-0.39, 0.29) is 5.82 Å². The summed E-state index contributed by atoms with van der Waals surface area (Å²) in [4.78, 5) is 10.7. The maximum atomic E-state index is 12.8. The van der Waals surface area contributed by atoms with Gasteiger partial charge in [0.2, 0.25) is 0 Å². The first-order valence-corrected chi connectivity index (χ1v) is 4.89. The molecule has 0 bridgehead atoms. The van der Waals surface area contributed by atoms with Gasteiger partial charge >= 0.3 is 6.18 Å². The van der Waals surface area contributed by atoms with Gasteiger partial charge in [-0.2, -0.15) is 13.2 Å². The first-order valence-electron chi connectivity index (χ1n) is 4.89. The SMILES string of the molecule is Cc1cnc(-c2ncc(F)cn2)c(C(F)(F)F)c1. The number of nitrogens with zero attached hydrogens (tertiary/aromatic N) is 3. The smallest absolute Gasteiger partial charge is 0.252 e. The zero-order valence-electron chi connectivity index (χ0n) is 9.16. The molecule has 0 radical (unpaired) electrons. The molecule has 2 aromatic heterocycles. The molecule has 0 N–H and O–H groups in total. The number of halogens is 4. The maximum Gasteiger partial charge on any atom is 0.418 e. The van der Waals surface area contributed by atoms with E-state index in [2.05, 4.69) is 15.0 Å². The van der Waals surface area contributed by atoms with E-state index in [1.165, 1.54) is 13.1 Å². The Morgan fingerprint density at radius 3 is 2.17 bits per heavy atom. The molecule has 0 amide bonds. The fraction of sp³-hybridized carbons (Fsp3) is 0.182. The number of pyridine rings is 1. The Labute approximate surface area is 99.5 Å². The average molecular weight is 257 g/mol. The highest BCUT2D eigenvalue weighted by Gasteiger charge is 2.35. The Balaban J connectivity index is 2.60. The van der Waals surface area contributed by atoms with Crippen LogP contribution in [0.4, 0.5) is 17.6 Å². The van der Waals surface area contributed by atoms with Crippen LogP contribution < -0.4 is 0 Å². The van der Waals surface area contributed by atoms with Gasteiger partial charge in [-0.1, -0.05) is 0 Å². The van der Waals surface area contributed by atoms with Crippen LogP contribution in [0.25, 0.3) is 11.5 Å². The minimum Gasteiger partial charge on any atom is -0.252 e. The summed E-state index contributed by atoms with van der Waals surface area (Å²) >= 11 is 0. The summed E-state index contributed by atoms with van der Waals surface area (Å²) in [5.41, 5.74) is -0.976. The van der Waals surface area contributed by atoms with E-state index in [4.69, 9.17) is 0 Å². The molecule has 0 aliphatic carbocycles. The summed E-state index contributed by atoms with van der Waals surface area (Å²) in [5, 5.41) is 0. The number of aromatic nitrogens is 3. The summed E-state index contributed by atoms with van der Waals surface area (Å²) < 4.78 is 51.1. The average Bonchev–Trinajstić information content (AvgIpc) is 2.29. The molecule has 3 nitrogen and oxygen atoms in total. The van der Waals surface area contributed by atoms with Gasteiger partial charge in [-0.05, 0) is 18.6 Å². The summed E-state index contributed by atoms with van der Waals surface area (Å²) in [6.07, 6.45) is -1.70. The molecule has 0 aliphatic heterocycles. The van der Waals surface area contributed by atoms with Gasteiger partial charge < -0.3 is 0 Å². The number of alkyl halides is 3. The number of aryl methyl sites for hydroxylation is 1. The van der Waals surface area contributed by atoms with Crippen molar-refractivity contribution < 1.29 is 17.6 Å². The highest BCUT2D eigenvalue weighted by molar-refractivity contribution is 5.56. The molecule has 0 saturated heterocycles. The summed E-state index contributed by atoms with van der Waals surface area (Å²) in [6.45, 7) is 1.50. The van der Waals surface area contributed by atoms with Crippen molar-refractivity contribution >= 4 is 0 Å². The van der Waals surface area contributed by atoms with Gasteiger partial charge in [-0.25, -0.2) is 14.4 Å². The van der Waals surface area contributed by atoms with Crippen LogP contribution in [0, 0.1) is 12.7 Å². The van der Waals surface area contributed by atoms with Crippen molar-refractivity contribution in [3.63, 3.8) is 0 Å². The summed E-state index contributed by atoms with van der Waals surface area (Å²) in [5.74, 6) is -0.983. The second kappa shape index (κ2) is 4.32. The first-order chi connectivity index (χ1) is 8.38. The zero-order chi connectivity index (χ0) is 13.3. The van der Waals surface area contributed by atoms with Crippen LogP contribution in [0.2, 0.25) is 0 Å². The van der Waals surface area contributed by atoms with Crippen molar-refractivity contribution in [3.05, 3.63) is 41.6 Å². The van der Waals surface area contributed by atoms with Crippen molar-refractivity contribution in [2.45, 2.75) is 13.1 Å². The zero-order valence-corrected chi connectivity index (χ0v) is 9.16. The highest BCUT2D eigenvalue weighted by atomic mass is 19.4. The largest absolute Gasteiger partial charge is 0.418 e. The van der Waals surface area contributed by atoms with Crippen LogP contribution in [0.3, 0.4) is 0 Å². The van der Waals surface area contributed by atoms with Gasteiger partial charge in [-0.15, -0.1) is 0 Å². The van der Waals surface area contributed by atoms with Crippen LogP contribution in [0.15, 0.2) is 24.7 Å². The van der Waals surface area contributed by atoms with E-state index in [9.17, 15) is 17.6 Å². The third kappa shape index (κ3) is 2.44. The Kier molecular flexibility index (Phi) is 2.98. The van der Waals surface area contributed by atoms with Crippen LogP contribution in [-0.4, -0.2) is 15.0 Å². The molecule has 7 heteroatoms. The Morgan fingerprint density at radius 1 is 1.00 bits per heavy atom. The van der Waals surface area contributed by atoms with Crippen LogP contribution in [-0.2, 0) is 6.18 Å². The van der Waals surface area contributed by atoms with Gasteiger partial charge in [0.15, 0.2) is 11.6 Å². The lowest BCUT2D eigenvalue weighted by atomic mass is 10.1. The number of rotatable bonds is 1. The number of hydrogen-bond donors (Lipinski definition) is 0. The minimum atomic E-state index is -4.56. The molecule has 0 fully saturated rings. The second-order valence-electron chi connectivity index (χ2n) is 3.63. The summed E-state index contributed by atoms with van der Waals surface area (Å²) in [7, 11) is 0. The normalized spacial score (nSPS) is 11.6. The maximum absolute atomic E-state index is 12.8. The monoisotopic (exact) mass is 257 g/mol. The van der Waals surface area contributed by atoms with Gasteiger partial charge in [0.05, 0.1) is 18.0 Å². The fourth-order valence-corrected chi connectivity index (χ4v) is 1.40. The predicted octanol–water partition coefficient (Wildman–Crippen LogP) is 3.00. The first kappa shape index (κ1) is 12.4. The van der Waals surface area contributed by atoms with E-state index in [1.807, 2.05) is 0 Å². The van der Waals surface area contributed by atoms with Crippen LogP contribution >= 0.6 is 0 Å². The van der Waals surface area contributed by atoms with Gasteiger partial charge in [0, 0.05) is 6.20 Å². The molecule has 94 valence electrons. The van der Waals surface area contributed by atoms with E-state index >= 15 is 0 Å². The van der Waals surface area contributed by atoms with Crippen LogP contribution in [0.1, 0.15) is 11.1 Å². The van der Waals surface area contributed by atoms with Crippen molar-refractivity contribution in [1.29, 1.82) is 0 Å². The molecule has 0 aliphatic rings. The minimum absolute atomic E-state index is 0.260.